The van der Waals surface area contributed by atoms with Crippen LogP contribution >= 0.6 is 0 Å². The first-order chi connectivity index (χ1) is 16.9. The summed E-state index contributed by atoms with van der Waals surface area (Å²) in [6.45, 7) is 11.4. The Kier molecular flexibility index (Phi) is 9.09. The molecule has 35 heavy (non-hydrogen) atoms. The molecule has 1 unspecified atom stereocenters. The number of aliphatic hydroxyl groups is 1. The van der Waals surface area contributed by atoms with E-state index in [9.17, 15) is 9.90 Å². The van der Waals surface area contributed by atoms with Gasteiger partial charge >= 0.3 is 12.0 Å². The second kappa shape index (κ2) is 12.2. The van der Waals surface area contributed by atoms with Gasteiger partial charge < -0.3 is 14.6 Å². The summed E-state index contributed by atoms with van der Waals surface area (Å²) in [5, 5.41) is 9.98. The van der Waals surface area contributed by atoms with Crippen LogP contribution in [0.15, 0.2) is 49.1 Å². The number of nitrogens with zero attached hydrogens (tertiary/aromatic N) is 3. The predicted molar refractivity (Wildman–Crippen MR) is 136 cm³/mol. The first-order valence-electron chi connectivity index (χ1n) is 12.1. The Labute approximate surface area is 206 Å². The first-order valence-corrected chi connectivity index (χ1v) is 12.1. The van der Waals surface area contributed by atoms with Crippen molar-refractivity contribution in [2.24, 2.45) is 0 Å². The second-order valence-electron chi connectivity index (χ2n) is 8.07. The highest BCUT2D eigenvalue weighted by Crippen LogP contribution is 2.29. The Morgan fingerprint density at radius 3 is 1.83 bits per heavy atom. The highest BCUT2D eigenvalue weighted by molar-refractivity contribution is 5.81. The highest BCUT2D eigenvalue weighted by Gasteiger charge is 2.18. The third kappa shape index (κ3) is 6.51. The third-order valence-corrected chi connectivity index (χ3v) is 5.79. The number of hydrogen-bond acceptors (Lipinski definition) is 7. The van der Waals surface area contributed by atoms with Crippen molar-refractivity contribution >= 4 is 5.97 Å². The standard InChI is InChI=1S/C28H33N3O4/c1-6-18-11-13-22(20(8-3)15-18)26-29-27(23-14-12-19(7-2)16-21(23)9-4)31-28(30-26)34-17-25(33)35-24(32)10-5/h10-16,25,33H,5-9,17H2,1-4H3. The van der Waals surface area contributed by atoms with Crippen LogP contribution in [0, 0.1) is 0 Å². The average molecular weight is 476 g/mol. The zero-order valence-corrected chi connectivity index (χ0v) is 20.9. The van der Waals surface area contributed by atoms with E-state index in [0.717, 1.165) is 54.0 Å². The Hall–Kier alpha value is -3.58. The molecule has 0 saturated heterocycles. The predicted octanol–water partition coefficient (Wildman–Crippen LogP) is 4.88. The zero-order chi connectivity index (χ0) is 25.4. The van der Waals surface area contributed by atoms with Crippen molar-refractivity contribution in [2.45, 2.75) is 59.7 Å². The van der Waals surface area contributed by atoms with Crippen LogP contribution in [0.25, 0.3) is 22.8 Å². The lowest BCUT2D eigenvalue weighted by molar-refractivity contribution is -0.166. The Morgan fingerprint density at radius 2 is 1.40 bits per heavy atom. The summed E-state index contributed by atoms with van der Waals surface area (Å²) in [6, 6.07) is 12.6. The molecule has 0 radical (unpaired) electrons. The molecule has 0 bridgehead atoms. The molecule has 1 aromatic heterocycles. The van der Waals surface area contributed by atoms with Gasteiger partial charge in [-0.05, 0) is 47.9 Å². The van der Waals surface area contributed by atoms with E-state index in [0.29, 0.717) is 11.6 Å². The van der Waals surface area contributed by atoms with Gasteiger partial charge in [0, 0.05) is 17.2 Å². The monoisotopic (exact) mass is 475 g/mol. The van der Waals surface area contributed by atoms with E-state index < -0.39 is 12.3 Å². The SMILES string of the molecule is C=CC(=O)OC(O)COc1nc(-c2ccc(CC)cc2CC)nc(-c2ccc(CC)cc2CC)n1. The van der Waals surface area contributed by atoms with Crippen molar-refractivity contribution in [3.05, 3.63) is 71.3 Å². The van der Waals surface area contributed by atoms with Crippen molar-refractivity contribution in [2.75, 3.05) is 6.61 Å². The van der Waals surface area contributed by atoms with E-state index in [-0.39, 0.29) is 12.6 Å². The number of carbonyl (C=O) groups is 1. The minimum absolute atomic E-state index is 0.0435. The van der Waals surface area contributed by atoms with Gasteiger partial charge in [0.2, 0.25) is 6.29 Å². The summed E-state index contributed by atoms with van der Waals surface area (Å²) in [6.07, 6.45) is 3.02. The summed E-state index contributed by atoms with van der Waals surface area (Å²) in [5.41, 5.74) is 6.55. The van der Waals surface area contributed by atoms with Gasteiger partial charge in [-0.1, -0.05) is 70.7 Å². The van der Waals surface area contributed by atoms with Crippen molar-refractivity contribution in [3.63, 3.8) is 0 Å². The zero-order valence-electron chi connectivity index (χ0n) is 20.9. The van der Waals surface area contributed by atoms with Gasteiger partial charge in [0.15, 0.2) is 18.3 Å². The van der Waals surface area contributed by atoms with Crippen LogP contribution in [0.3, 0.4) is 0 Å². The lowest BCUT2D eigenvalue weighted by atomic mass is 9.99. The minimum atomic E-state index is -1.48. The van der Waals surface area contributed by atoms with Crippen molar-refractivity contribution in [1.82, 2.24) is 15.0 Å². The lowest BCUT2D eigenvalue weighted by Crippen LogP contribution is -2.24. The quantitative estimate of drug-likeness (QED) is 0.240. The fourth-order valence-electron chi connectivity index (χ4n) is 3.78. The topological polar surface area (TPSA) is 94.4 Å². The average Bonchev–Trinajstić information content (AvgIpc) is 2.90. The van der Waals surface area contributed by atoms with E-state index >= 15 is 0 Å². The van der Waals surface area contributed by atoms with Crippen LogP contribution < -0.4 is 4.74 Å². The molecule has 0 amide bonds. The summed E-state index contributed by atoms with van der Waals surface area (Å²) in [7, 11) is 0. The van der Waals surface area contributed by atoms with Crippen LogP contribution in [-0.2, 0) is 35.2 Å². The Morgan fingerprint density at radius 1 is 0.886 bits per heavy atom. The number of aromatic nitrogens is 3. The fraction of sp³-hybridized carbons (Fsp3) is 0.357. The van der Waals surface area contributed by atoms with E-state index in [2.05, 4.69) is 68.5 Å². The molecule has 184 valence electrons. The molecule has 0 aliphatic carbocycles. The number of aryl methyl sites for hydroxylation is 4. The second-order valence-corrected chi connectivity index (χ2v) is 8.07. The third-order valence-electron chi connectivity index (χ3n) is 5.79. The Bertz CT molecular complexity index is 1120. The first kappa shape index (κ1) is 26.0. The molecule has 0 aliphatic heterocycles. The van der Waals surface area contributed by atoms with E-state index in [1.165, 1.54) is 11.1 Å². The molecule has 1 N–H and O–H groups in total. The van der Waals surface area contributed by atoms with Gasteiger partial charge in [0.05, 0.1) is 0 Å². The molecular weight excluding hydrogens is 442 g/mol. The number of esters is 1. The van der Waals surface area contributed by atoms with Crippen LogP contribution in [0.5, 0.6) is 6.01 Å². The van der Waals surface area contributed by atoms with Crippen LogP contribution in [-0.4, -0.2) is 38.9 Å². The van der Waals surface area contributed by atoms with Crippen LogP contribution in [0.4, 0.5) is 0 Å². The van der Waals surface area contributed by atoms with E-state index in [4.69, 9.17) is 14.5 Å². The van der Waals surface area contributed by atoms with Crippen molar-refractivity contribution < 1.29 is 19.4 Å². The summed E-state index contributed by atoms with van der Waals surface area (Å²) in [4.78, 5) is 25.3. The molecule has 0 fully saturated rings. The van der Waals surface area contributed by atoms with Crippen molar-refractivity contribution in [1.29, 1.82) is 0 Å². The maximum atomic E-state index is 11.4. The van der Waals surface area contributed by atoms with Gasteiger partial charge in [-0.3, -0.25) is 0 Å². The molecule has 7 heteroatoms. The van der Waals surface area contributed by atoms with Gasteiger partial charge in [-0.15, -0.1) is 0 Å². The molecule has 3 aromatic rings. The number of rotatable bonds is 11. The maximum Gasteiger partial charge on any atom is 0.332 e. The number of aliphatic hydroxyl groups excluding tert-OH is 1. The number of carbonyl (C=O) groups excluding carboxylic acids is 1. The molecule has 7 nitrogen and oxygen atoms in total. The summed E-state index contributed by atoms with van der Waals surface area (Å²) < 4.78 is 10.4. The fourth-order valence-corrected chi connectivity index (χ4v) is 3.78. The Balaban J connectivity index is 2.08. The van der Waals surface area contributed by atoms with Gasteiger partial charge in [0.1, 0.15) is 0 Å². The van der Waals surface area contributed by atoms with Crippen molar-refractivity contribution in [3.8, 4) is 28.8 Å². The van der Waals surface area contributed by atoms with Gasteiger partial charge in [-0.2, -0.15) is 9.97 Å². The highest BCUT2D eigenvalue weighted by atomic mass is 16.7. The molecule has 2 aromatic carbocycles. The van der Waals surface area contributed by atoms with Gasteiger partial charge in [0.25, 0.3) is 0 Å². The number of ether oxygens (including phenoxy) is 2. The normalized spacial score (nSPS) is 11.7. The smallest absolute Gasteiger partial charge is 0.332 e. The number of hydrogen-bond donors (Lipinski definition) is 1. The van der Waals surface area contributed by atoms with Crippen LogP contribution in [0.1, 0.15) is 49.9 Å². The van der Waals surface area contributed by atoms with Gasteiger partial charge in [-0.25, -0.2) is 9.78 Å². The molecule has 3 rings (SSSR count). The number of benzene rings is 2. The molecule has 1 atom stereocenters. The largest absolute Gasteiger partial charge is 0.457 e. The lowest BCUT2D eigenvalue weighted by Gasteiger charge is -2.15. The summed E-state index contributed by atoms with van der Waals surface area (Å²) >= 11 is 0. The van der Waals surface area contributed by atoms with Crippen LogP contribution in [0.2, 0.25) is 0 Å². The molecule has 1 heterocycles. The molecule has 0 aliphatic rings. The molecule has 0 spiro atoms. The molecular formula is C28H33N3O4. The van der Waals surface area contributed by atoms with E-state index in [1.807, 2.05) is 12.1 Å². The van der Waals surface area contributed by atoms with E-state index in [1.54, 1.807) is 0 Å². The maximum absolute atomic E-state index is 11.4. The minimum Gasteiger partial charge on any atom is -0.457 e. The molecule has 0 saturated carbocycles. The summed E-state index contributed by atoms with van der Waals surface area (Å²) in [5.74, 6) is 0.234.